The maximum absolute atomic E-state index is 3.54. The maximum Gasteiger partial charge on any atom is 0.0413 e. The fourth-order valence-corrected chi connectivity index (χ4v) is 2.96. The van der Waals surface area contributed by atoms with Gasteiger partial charge in [-0.05, 0) is 48.7 Å². The molecule has 0 N–H and O–H groups in total. The van der Waals surface area contributed by atoms with Gasteiger partial charge in [-0.3, -0.25) is 0 Å². The van der Waals surface area contributed by atoms with E-state index in [1.807, 2.05) is 0 Å². The number of rotatable bonds is 6. The Morgan fingerprint density at radius 1 is 1.00 bits per heavy atom. The molecule has 106 valence electrons. The number of para-hydroxylation sites is 1. The van der Waals surface area contributed by atoms with E-state index in [1.54, 1.807) is 0 Å². The summed E-state index contributed by atoms with van der Waals surface area (Å²) < 4.78 is 0. The third-order valence-electron chi connectivity index (χ3n) is 3.58. The first kappa shape index (κ1) is 15.1. The number of hydrogen-bond acceptors (Lipinski definition) is 1. The second-order valence-electron chi connectivity index (χ2n) is 5.09. The molecule has 0 aliphatic heterocycles. The Balaban J connectivity index is 2.33. The summed E-state index contributed by atoms with van der Waals surface area (Å²) in [4.78, 5) is 2.41. The number of aryl methyl sites for hydroxylation is 1. The van der Waals surface area contributed by atoms with Crippen LogP contribution in [0.2, 0.25) is 0 Å². The standard InChI is InChI=1S/C18H22BrN/c1-3-4-12-20(17-8-6-5-7-9-17)18-11-10-16(14-19)15(2)13-18/h5-11,13H,3-4,12,14H2,1-2H3. The van der Waals surface area contributed by atoms with Gasteiger partial charge in [0.05, 0.1) is 0 Å². The Morgan fingerprint density at radius 2 is 1.75 bits per heavy atom. The molecule has 0 radical (unpaired) electrons. The number of benzene rings is 2. The largest absolute Gasteiger partial charge is 0.341 e. The Morgan fingerprint density at radius 3 is 2.35 bits per heavy atom. The first-order valence-corrected chi connectivity index (χ1v) is 8.36. The van der Waals surface area contributed by atoms with Crippen molar-refractivity contribution in [3.05, 3.63) is 59.7 Å². The zero-order valence-corrected chi connectivity index (χ0v) is 13.9. The summed E-state index contributed by atoms with van der Waals surface area (Å²) in [6, 6.07) is 17.4. The van der Waals surface area contributed by atoms with E-state index in [9.17, 15) is 0 Å². The van der Waals surface area contributed by atoms with Crippen molar-refractivity contribution in [2.45, 2.75) is 32.0 Å². The second kappa shape index (κ2) is 7.49. The minimum Gasteiger partial charge on any atom is -0.341 e. The van der Waals surface area contributed by atoms with E-state index in [-0.39, 0.29) is 0 Å². The molecular weight excluding hydrogens is 310 g/mol. The smallest absolute Gasteiger partial charge is 0.0413 e. The zero-order chi connectivity index (χ0) is 14.4. The predicted molar refractivity (Wildman–Crippen MR) is 92.2 cm³/mol. The number of halogens is 1. The number of nitrogens with zero attached hydrogens (tertiary/aromatic N) is 1. The monoisotopic (exact) mass is 331 g/mol. The maximum atomic E-state index is 3.54. The normalized spacial score (nSPS) is 10.6. The third kappa shape index (κ3) is 3.63. The van der Waals surface area contributed by atoms with Gasteiger partial charge < -0.3 is 4.90 Å². The molecule has 0 heterocycles. The molecule has 0 unspecified atom stereocenters. The summed E-state index contributed by atoms with van der Waals surface area (Å²) in [7, 11) is 0. The van der Waals surface area contributed by atoms with Crippen molar-refractivity contribution in [1.82, 2.24) is 0 Å². The number of alkyl halides is 1. The van der Waals surface area contributed by atoms with Crippen molar-refractivity contribution in [2.24, 2.45) is 0 Å². The fraction of sp³-hybridized carbons (Fsp3) is 0.333. The van der Waals surface area contributed by atoms with E-state index in [2.05, 4.69) is 83.2 Å². The molecule has 0 bridgehead atoms. The van der Waals surface area contributed by atoms with Gasteiger partial charge in [-0.1, -0.05) is 53.5 Å². The summed E-state index contributed by atoms with van der Waals surface area (Å²) >= 11 is 3.54. The van der Waals surface area contributed by atoms with Crippen molar-refractivity contribution in [3.8, 4) is 0 Å². The van der Waals surface area contributed by atoms with Gasteiger partial charge in [0, 0.05) is 23.2 Å². The molecule has 0 atom stereocenters. The van der Waals surface area contributed by atoms with E-state index >= 15 is 0 Å². The van der Waals surface area contributed by atoms with Gasteiger partial charge in [-0.2, -0.15) is 0 Å². The molecule has 0 aliphatic rings. The SMILES string of the molecule is CCCCN(c1ccccc1)c1ccc(CBr)c(C)c1. The van der Waals surface area contributed by atoms with Crippen LogP contribution in [0.1, 0.15) is 30.9 Å². The quantitative estimate of drug-likeness (QED) is 0.602. The van der Waals surface area contributed by atoms with E-state index in [0.29, 0.717) is 0 Å². The number of hydrogen-bond donors (Lipinski definition) is 0. The van der Waals surface area contributed by atoms with Crippen LogP contribution in [0.3, 0.4) is 0 Å². The van der Waals surface area contributed by atoms with Crippen molar-refractivity contribution in [2.75, 3.05) is 11.4 Å². The molecule has 0 fully saturated rings. The lowest BCUT2D eigenvalue weighted by Gasteiger charge is -2.25. The Kier molecular flexibility index (Phi) is 5.66. The van der Waals surface area contributed by atoms with Crippen LogP contribution in [0.5, 0.6) is 0 Å². The fourth-order valence-electron chi connectivity index (χ4n) is 2.33. The highest BCUT2D eigenvalue weighted by molar-refractivity contribution is 9.08. The highest BCUT2D eigenvalue weighted by Gasteiger charge is 2.09. The van der Waals surface area contributed by atoms with Crippen molar-refractivity contribution in [1.29, 1.82) is 0 Å². The summed E-state index contributed by atoms with van der Waals surface area (Å²) in [6.45, 7) is 5.49. The van der Waals surface area contributed by atoms with Gasteiger partial charge >= 0.3 is 0 Å². The molecule has 0 saturated heterocycles. The third-order valence-corrected chi connectivity index (χ3v) is 4.19. The highest BCUT2D eigenvalue weighted by Crippen LogP contribution is 2.28. The molecule has 0 aliphatic carbocycles. The molecule has 0 aromatic heterocycles. The lowest BCUT2D eigenvalue weighted by molar-refractivity contribution is 0.785. The van der Waals surface area contributed by atoms with Gasteiger partial charge in [0.1, 0.15) is 0 Å². The van der Waals surface area contributed by atoms with Gasteiger partial charge in [0.15, 0.2) is 0 Å². The Hall–Kier alpha value is -1.28. The zero-order valence-electron chi connectivity index (χ0n) is 12.3. The first-order chi connectivity index (χ1) is 9.76. The molecule has 0 amide bonds. The summed E-state index contributed by atoms with van der Waals surface area (Å²) in [6.07, 6.45) is 2.41. The van der Waals surface area contributed by atoms with Crippen LogP contribution < -0.4 is 4.90 Å². The minimum atomic E-state index is 0.916. The molecule has 0 saturated carbocycles. The second-order valence-corrected chi connectivity index (χ2v) is 5.65. The van der Waals surface area contributed by atoms with Crippen LogP contribution in [-0.2, 0) is 5.33 Å². The van der Waals surface area contributed by atoms with Gasteiger partial charge in [0.2, 0.25) is 0 Å². The lowest BCUT2D eigenvalue weighted by Crippen LogP contribution is -2.18. The average Bonchev–Trinajstić information content (AvgIpc) is 2.49. The van der Waals surface area contributed by atoms with Crippen molar-refractivity contribution >= 4 is 27.3 Å². The van der Waals surface area contributed by atoms with Crippen LogP contribution in [0, 0.1) is 6.92 Å². The van der Waals surface area contributed by atoms with Crippen molar-refractivity contribution in [3.63, 3.8) is 0 Å². The molecule has 1 nitrogen and oxygen atoms in total. The Bertz CT molecular complexity index is 536. The van der Waals surface area contributed by atoms with E-state index < -0.39 is 0 Å². The summed E-state index contributed by atoms with van der Waals surface area (Å²) in [5.41, 5.74) is 5.26. The van der Waals surface area contributed by atoms with Gasteiger partial charge in [0.25, 0.3) is 0 Å². The van der Waals surface area contributed by atoms with Gasteiger partial charge in [-0.15, -0.1) is 0 Å². The van der Waals surface area contributed by atoms with Crippen LogP contribution >= 0.6 is 15.9 Å². The minimum absolute atomic E-state index is 0.916. The average molecular weight is 332 g/mol. The van der Waals surface area contributed by atoms with Crippen LogP contribution in [0.25, 0.3) is 0 Å². The van der Waals surface area contributed by atoms with Crippen LogP contribution in [-0.4, -0.2) is 6.54 Å². The van der Waals surface area contributed by atoms with Crippen LogP contribution in [0.4, 0.5) is 11.4 Å². The van der Waals surface area contributed by atoms with E-state index in [4.69, 9.17) is 0 Å². The predicted octanol–water partition coefficient (Wildman–Crippen LogP) is 5.83. The highest BCUT2D eigenvalue weighted by atomic mass is 79.9. The Labute approximate surface area is 130 Å². The van der Waals surface area contributed by atoms with Crippen LogP contribution in [0.15, 0.2) is 48.5 Å². The summed E-state index contributed by atoms with van der Waals surface area (Å²) in [5, 5.41) is 0.916. The summed E-state index contributed by atoms with van der Waals surface area (Å²) in [5.74, 6) is 0. The van der Waals surface area contributed by atoms with Crippen molar-refractivity contribution < 1.29 is 0 Å². The first-order valence-electron chi connectivity index (χ1n) is 7.24. The van der Waals surface area contributed by atoms with Gasteiger partial charge in [-0.25, -0.2) is 0 Å². The van der Waals surface area contributed by atoms with E-state index in [0.717, 1.165) is 11.9 Å². The molecule has 0 spiro atoms. The van der Waals surface area contributed by atoms with E-state index in [1.165, 1.54) is 35.3 Å². The molecule has 2 heteroatoms. The number of unbranched alkanes of at least 4 members (excludes halogenated alkanes) is 1. The molecule has 2 aromatic rings. The number of anilines is 2. The lowest BCUT2D eigenvalue weighted by atomic mass is 10.1. The molecule has 2 aromatic carbocycles. The molecule has 20 heavy (non-hydrogen) atoms. The topological polar surface area (TPSA) is 3.24 Å². The molecular formula is C18H22BrN. The molecule has 2 rings (SSSR count).